The zero-order valence-corrected chi connectivity index (χ0v) is 20.3. The van der Waals surface area contributed by atoms with Crippen LogP contribution in [0.5, 0.6) is 0 Å². The topological polar surface area (TPSA) is 241 Å². The van der Waals surface area contributed by atoms with Crippen molar-refractivity contribution in [1.29, 1.82) is 0 Å². The van der Waals surface area contributed by atoms with Crippen LogP contribution in [0, 0.1) is 0 Å². The minimum atomic E-state index is -1.19. The first-order chi connectivity index (χ1) is 17.2. The first kappa shape index (κ1) is 30.3. The summed E-state index contributed by atoms with van der Waals surface area (Å²) in [7, 11) is 0. The third-order valence-electron chi connectivity index (χ3n) is 5.26. The molecule has 1 rings (SSSR count). The molecule has 3 unspecified atom stereocenters. The molecule has 1 aromatic rings. The van der Waals surface area contributed by atoms with Gasteiger partial charge in [0.1, 0.15) is 18.1 Å². The van der Waals surface area contributed by atoms with E-state index in [4.69, 9.17) is 22.9 Å². The lowest BCUT2D eigenvalue weighted by molar-refractivity contribution is -0.142. The standard InChI is InChI=1S/C23H38N8O5/c24-11-5-4-9-17(22(35)36)31-20(33)16(10-6-12-28-23(26)27)30-21(34)18(29-19(32)14-25)13-15-7-2-1-3-8-15/h1-3,7-8,16-18H,4-6,9-14,24-25H2,(H,29,32)(H,30,34)(H,31,33)(H,35,36)(H4,26,27,28). The van der Waals surface area contributed by atoms with Crippen molar-refractivity contribution in [3.63, 3.8) is 0 Å². The molecule has 3 amide bonds. The van der Waals surface area contributed by atoms with Crippen molar-refractivity contribution in [2.24, 2.45) is 27.9 Å². The summed E-state index contributed by atoms with van der Waals surface area (Å²) in [5.74, 6) is -3.12. The lowest BCUT2D eigenvalue weighted by atomic mass is 10.0. The molecule has 0 aliphatic rings. The van der Waals surface area contributed by atoms with Gasteiger partial charge in [-0.3, -0.25) is 19.4 Å². The number of carbonyl (C=O) groups is 4. The van der Waals surface area contributed by atoms with Crippen molar-refractivity contribution in [1.82, 2.24) is 16.0 Å². The zero-order chi connectivity index (χ0) is 26.9. The molecule has 0 saturated heterocycles. The van der Waals surface area contributed by atoms with E-state index >= 15 is 0 Å². The zero-order valence-electron chi connectivity index (χ0n) is 20.3. The summed E-state index contributed by atoms with van der Waals surface area (Å²) in [6.45, 7) is 0.295. The molecule has 1 aromatic carbocycles. The lowest BCUT2D eigenvalue weighted by Gasteiger charge is -2.24. The summed E-state index contributed by atoms with van der Waals surface area (Å²) in [4.78, 5) is 53.6. The van der Waals surface area contributed by atoms with Crippen molar-refractivity contribution >= 4 is 29.7 Å². The number of unbranched alkanes of at least 4 members (excludes halogenated alkanes) is 1. The van der Waals surface area contributed by atoms with Crippen LogP contribution >= 0.6 is 0 Å². The average molecular weight is 507 g/mol. The molecule has 0 radical (unpaired) electrons. The van der Waals surface area contributed by atoms with Gasteiger partial charge in [0.25, 0.3) is 0 Å². The van der Waals surface area contributed by atoms with Crippen molar-refractivity contribution in [2.75, 3.05) is 19.6 Å². The fourth-order valence-electron chi connectivity index (χ4n) is 3.38. The Hall–Kier alpha value is -3.71. The lowest BCUT2D eigenvalue weighted by Crippen LogP contribution is -2.56. The number of nitrogens with two attached hydrogens (primary N) is 4. The van der Waals surface area contributed by atoms with E-state index in [2.05, 4.69) is 20.9 Å². The van der Waals surface area contributed by atoms with Gasteiger partial charge in [0, 0.05) is 13.0 Å². The van der Waals surface area contributed by atoms with Gasteiger partial charge in [-0.05, 0) is 44.2 Å². The summed E-state index contributed by atoms with van der Waals surface area (Å²) in [5, 5.41) is 17.2. The molecule has 36 heavy (non-hydrogen) atoms. The van der Waals surface area contributed by atoms with Crippen LogP contribution in [0.3, 0.4) is 0 Å². The fourth-order valence-corrected chi connectivity index (χ4v) is 3.38. The average Bonchev–Trinajstić information content (AvgIpc) is 2.84. The van der Waals surface area contributed by atoms with Crippen molar-refractivity contribution in [2.45, 2.75) is 56.7 Å². The Kier molecular flexibility index (Phi) is 14.2. The minimum absolute atomic E-state index is 0.113. The molecule has 12 N–H and O–H groups in total. The molecule has 0 aliphatic carbocycles. The molecule has 0 heterocycles. The van der Waals surface area contributed by atoms with Gasteiger partial charge < -0.3 is 44.0 Å². The minimum Gasteiger partial charge on any atom is -0.480 e. The second-order valence-corrected chi connectivity index (χ2v) is 8.21. The summed E-state index contributed by atoms with van der Waals surface area (Å²) < 4.78 is 0. The molecule has 0 spiro atoms. The van der Waals surface area contributed by atoms with Gasteiger partial charge in [-0.1, -0.05) is 30.3 Å². The normalized spacial score (nSPS) is 13.1. The second kappa shape index (κ2) is 16.8. The van der Waals surface area contributed by atoms with Gasteiger partial charge in [-0.2, -0.15) is 0 Å². The van der Waals surface area contributed by atoms with Crippen molar-refractivity contribution in [3.8, 4) is 0 Å². The Morgan fingerprint density at radius 3 is 2.03 bits per heavy atom. The predicted molar refractivity (Wildman–Crippen MR) is 135 cm³/mol. The Morgan fingerprint density at radius 2 is 1.44 bits per heavy atom. The third kappa shape index (κ3) is 12.1. The van der Waals surface area contributed by atoms with Crippen LogP contribution in [-0.2, 0) is 25.6 Å². The summed E-state index contributed by atoms with van der Waals surface area (Å²) >= 11 is 0. The molecular weight excluding hydrogens is 468 g/mol. The van der Waals surface area contributed by atoms with Crippen LogP contribution < -0.4 is 38.9 Å². The number of carbonyl (C=O) groups excluding carboxylic acids is 3. The number of hydrogen-bond donors (Lipinski definition) is 8. The highest BCUT2D eigenvalue weighted by atomic mass is 16.4. The van der Waals surface area contributed by atoms with E-state index in [1.165, 1.54) is 0 Å². The number of aliphatic carboxylic acids is 1. The number of amides is 3. The number of carboxylic acid groups (broad SMARTS) is 1. The molecule has 0 fully saturated rings. The maximum Gasteiger partial charge on any atom is 0.326 e. The summed E-state index contributed by atoms with van der Waals surface area (Å²) in [6.07, 6.45) is 1.94. The van der Waals surface area contributed by atoms with Gasteiger partial charge in [0.2, 0.25) is 17.7 Å². The first-order valence-electron chi connectivity index (χ1n) is 11.8. The summed E-state index contributed by atoms with van der Waals surface area (Å²) in [6, 6.07) is 5.78. The second-order valence-electron chi connectivity index (χ2n) is 8.21. The number of benzene rings is 1. The highest BCUT2D eigenvalue weighted by Crippen LogP contribution is 2.07. The van der Waals surface area contributed by atoms with Crippen LogP contribution in [0.25, 0.3) is 0 Å². The number of carboxylic acids is 1. The van der Waals surface area contributed by atoms with Gasteiger partial charge in [0.15, 0.2) is 5.96 Å². The van der Waals surface area contributed by atoms with E-state index in [0.29, 0.717) is 25.8 Å². The van der Waals surface area contributed by atoms with Gasteiger partial charge in [-0.25, -0.2) is 4.79 Å². The van der Waals surface area contributed by atoms with Gasteiger partial charge >= 0.3 is 5.97 Å². The number of nitrogens with one attached hydrogen (secondary N) is 3. The van der Waals surface area contributed by atoms with Crippen LogP contribution in [0.2, 0.25) is 0 Å². The van der Waals surface area contributed by atoms with Gasteiger partial charge in [0.05, 0.1) is 6.54 Å². The van der Waals surface area contributed by atoms with E-state index < -0.39 is 41.8 Å². The number of nitrogens with zero attached hydrogens (tertiary/aromatic N) is 1. The molecule has 13 nitrogen and oxygen atoms in total. The van der Waals surface area contributed by atoms with Gasteiger partial charge in [-0.15, -0.1) is 0 Å². The Labute approximate surface area is 210 Å². The monoisotopic (exact) mass is 506 g/mol. The Balaban J connectivity index is 3.02. The molecule has 0 bridgehead atoms. The maximum absolute atomic E-state index is 13.1. The van der Waals surface area contributed by atoms with Crippen molar-refractivity contribution in [3.05, 3.63) is 35.9 Å². The van der Waals surface area contributed by atoms with Crippen LogP contribution in [0.1, 0.15) is 37.7 Å². The molecule has 200 valence electrons. The van der Waals surface area contributed by atoms with E-state index in [-0.39, 0.29) is 38.3 Å². The highest BCUT2D eigenvalue weighted by molar-refractivity contribution is 5.93. The summed E-state index contributed by atoms with van der Waals surface area (Å²) in [5.41, 5.74) is 22.3. The Morgan fingerprint density at radius 1 is 0.833 bits per heavy atom. The van der Waals surface area contributed by atoms with E-state index in [0.717, 1.165) is 5.56 Å². The molecule has 0 aliphatic heterocycles. The molecule has 3 atom stereocenters. The van der Waals surface area contributed by atoms with Crippen LogP contribution in [-0.4, -0.2) is 72.5 Å². The highest BCUT2D eigenvalue weighted by Gasteiger charge is 2.29. The van der Waals surface area contributed by atoms with Crippen molar-refractivity contribution < 1.29 is 24.3 Å². The maximum atomic E-state index is 13.1. The molecular formula is C23H38N8O5. The van der Waals surface area contributed by atoms with E-state index in [1.54, 1.807) is 24.3 Å². The Bertz CT molecular complexity index is 877. The quantitative estimate of drug-likeness (QED) is 0.0655. The smallest absolute Gasteiger partial charge is 0.326 e. The van der Waals surface area contributed by atoms with Crippen LogP contribution in [0.15, 0.2) is 35.3 Å². The molecule has 0 aromatic heterocycles. The third-order valence-corrected chi connectivity index (χ3v) is 5.26. The fraction of sp³-hybridized carbons (Fsp3) is 0.522. The number of guanidine groups is 1. The number of aliphatic imine (C=N–C) groups is 1. The molecule has 13 heteroatoms. The van der Waals surface area contributed by atoms with E-state index in [1.807, 2.05) is 6.07 Å². The van der Waals surface area contributed by atoms with Crippen LogP contribution in [0.4, 0.5) is 0 Å². The predicted octanol–water partition coefficient (Wildman–Crippen LogP) is -2.09. The largest absolute Gasteiger partial charge is 0.480 e. The number of hydrogen-bond acceptors (Lipinski definition) is 7. The molecule has 0 saturated carbocycles. The SMILES string of the molecule is NCCCCC(NC(=O)C(CCCN=C(N)N)NC(=O)C(Cc1ccccc1)NC(=O)CN)C(=O)O. The number of rotatable bonds is 17. The van der Waals surface area contributed by atoms with E-state index in [9.17, 15) is 24.3 Å². The first-order valence-corrected chi connectivity index (χ1v) is 11.8.